The minimum atomic E-state index is -0.690. The highest BCUT2D eigenvalue weighted by molar-refractivity contribution is 5.93. The minimum absolute atomic E-state index is 0.00440. The summed E-state index contributed by atoms with van der Waals surface area (Å²) < 4.78 is 31.6. The maximum atomic E-state index is 13.1. The summed E-state index contributed by atoms with van der Waals surface area (Å²) in [6.45, 7) is 1.81. The molecule has 0 saturated carbocycles. The van der Waals surface area contributed by atoms with Crippen molar-refractivity contribution in [2.24, 2.45) is 0 Å². The van der Waals surface area contributed by atoms with Crippen LogP contribution in [0.3, 0.4) is 0 Å². The molecule has 0 aliphatic rings. The van der Waals surface area contributed by atoms with E-state index >= 15 is 0 Å². The van der Waals surface area contributed by atoms with Gasteiger partial charge in [-0.1, -0.05) is 0 Å². The molecule has 2 N–H and O–H groups in total. The van der Waals surface area contributed by atoms with Crippen molar-refractivity contribution >= 4 is 5.91 Å². The summed E-state index contributed by atoms with van der Waals surface area (Å²) in [7, 11) is 0. The van der Waals surface area contributed by atoms with E-state index in [0.29, 0.717) is 17.0 Å². The quantitative estimate of drug-likeness (QED) is 0.776. The van der Waals surface area contributed by atoms with Crippen LogP contribution < -0.4 is 5.32 Å². The molecule has 0 aliphatic carbocycles. The van der Waals surface area contributed by atoms with Gasteiger partial charge in [-0.25, -0.2) is 8.78 Å². The molecule has 3 aromatic rings. The van der Waals surface area contributed by atoms with Crippen LogP contribution in [-0.4, -0.2) is 16.1 Å². The van der Waals surface area contributed by atoms with Crippen molar-refractivity contribution in [1.29, 1.82) is 0 Å². The third kappa shape index (κ3) is 3.45. The minimum Gasteiger partial charge on any atom is -0.460 e. The first-order valence-electron chi connectivity index (χ1n) is 6.86. The van der Waals surface area contributed by atoms with Crippen molar-refractivity contribution < 1.29 is 18.0 Å². The number of aryl methyl sites for hydroxylation is 1. The lowest BCUT2D eigenvalue weighted by atomic mass is 10.2. The van der Waals surface area contributed by atoms with Gasteiger partial charge in [0.05, 0.1) is 0 Å². The van der Waals surface area contributed by atoms with Crippen LogP contribution in [0.4, 0.5) is 8.78 Å². The number of nitrogens with zero attached hydrogens (tertiary/aromatic N) is 1. The van der Waals surface area contributed by atoms with E-state index in [9.17, 15) is 13.6 Å². The zero-order chi connectivity index (χ0) is 16.4. The Balaban J connectivity index is 1.68. The first-order valence-corrected chi connectivity index (χ1v) is 6.86. The Hall–Kier alpha value is -2.96. The Morgan fingerprint density at radius 1 is 1.22 bits per heavy atom. The smallest absolute Gasteiger partial charge is 0.272 e. The average molecular weight is 317 g/mol. The number of carbonyl (C=O) groups is 1. The van der Waals surface area contributed by atoms with Crippen molar-refractivity contribution in [3.8, 4) is 11.5 Å². The molecule has 3 rings (SSSR count). The molecule has 0 radical (unpaired) electrons. The van der Waals surface area contributed by atoms with Crippen molar-refractivity contribution in [1.82, 2.24) is 15.5 Å². The van der Waals surface area contributed by atoms with Gasteiger partial charge in [0, 0.05) is 18.7 Å². The Morgan fingerprint density at radius 2 is 1.96 bits per heavy atom. The van der Waals surface area contributed by atoms with Crippen molar-refractivity contribution in [3.63, 3.8) is 0 Å². The summed E-state index contributed by atoms with van der Waals surface area (Å²) in [4.78, 5) is 12.0. The van der Waals surface area contributed by atoms with Crippen LogP contribution in [-0.2, 0) is 6.54 Å². The molecule has 0 saturated heterocycles. The summed E-state index contributed by atoms with van der Waals surface area (Å²) in [6.07, 6.45) is 0. The lowest BCUT2D eigenvalue weighted by molar-refractivity contribution is 0.0945. The van der Waals surface area contributed by atoms with E-state index in [1.807, 2.05) is 6.92 Å². The zero-order valence-corrected chi connectivity index (χ0v) is 12.2. The highest BCUT2D eigenvalue weighted by Crippen LogP contribution is 2.20. The maximum Gasteiger partial charge on any atom is 0.272 e. The first kappa shape index (κ1) is 15.0. The van der Waals surface area contributed by atoms with Gasteiger partial charge in [-0.2, -0.15) is 5.10 Å². The fraction of sp³-hybridized carbons (Fsp3) is 0.125. The molecule has 0 fully saturated rings. The van der Waals surface area contributed by atoms with Crippen LogP contribution in [0, 0.1) is 18.6 Å². The Bertz CT molecular complexity index is 834. The fourth-order valence-electron chi connectivity index (χ4n) is 2.13. The van der Waals surface area contributed by atoms with E-state index < -0.39 is 17.5 Å². The molecule has 2 heterocycles. The lowest BCUT2D eigenvalue weighted by Crippen LogP contribution is -2.23. The number of carbonyl (C=O) groups excluding carboxylic acids is 1. The fourth-order valence-corrected chi connectivity index (χ4v) is 2.13. The van der Waals surface area contributed by atoms with Crippen LogP contribution in [0.25, 0.3) is 11.5 Å². The Kier molecular flexibility index (Phi) is 3.92. The SMILES string of the molecule is Cc1ccc(-c2cc(C(=O)NCc3cc(F)cc(F)c3)n[nH]2)o1. The normalized spacial score (nSPS) is 10.7. The average Bonchev–Trinajstić information content (AvgIpc) is 3.12. The van der Waals surface area contributed by atoms with Gasteiger partial charge >= 0.3 is 0 Å². The van der Waals surface area contributed by atoms with Gasteiger partial charge < -0.3 is 9.73 Å². The second kappa shape index (κ2) is 6.04. The van der Waals surface area contributed by atoms with Gasteiger partial charge in [0.15, 0.2) is 11.5 Å². The van der Waals surface area contributed by atoms with Gasteiger partial charge in [-0.15, -0.1) is 0 Å². The second-order valence-corrected chi connectivity index (χ2v) is 5.04. The van der Waals surface area contributed by atoms with Crippen LogP contribution in [0.5, 0.6) is 0 Å². The van der Waals surface area contributed by atoms with Gasteiger partial charge in [-0.3, -0.25) is 9.89 Å². The number of furan rings is 1. The molecule has 0 unspecified atom stereocenters. The van der Waals surface area contributed by atoms with Crippen LogP contribution in [0.15, 0.2) is 40.8 Å². The molecule has 1 aromatic carbocycles. The molecule has 0 bridgehead atoms. The molecular formula is C16H13F2N3O2. The molecule has 2 aromatic heterocycles. The topological polar surface area (TPSA) is 70.9 Å². The lowest BCUT2D eigenvalue weighted by Gasteiger charge is -2.03. The standard InChI is InChI=1S/C16H13F2N3O2/c1-9-2-3-15(23-9)13-7-14(21-20-13)16(22)19-8-10-4-11(17)6-12(18)5-10/h2-7H,8H2,1H3,(H,19,22)(H,20,21). The number of nitrogens with one attached hydrogen (secondary N) is 2. The van der Waals surface area contributed by atoms with Gasteiger partial charge in [0.1, 0.15) is 23.1 Å². The van der Waals surface area contributed by atoms with E-state index in [-0.39, 0.29) is 12.2 Å². The Morgan fingerprint density at radius 3 is 2.61 bits per heavy atom. The largest absolute Gasteiger partial charge is 0.460 e. The van der Waals surface area contributed by atoms with E-state index in [4.69, 9.17) is 4.42 Å². The predicted molar refractivity (Wildman–Crippen MR) is 78.6 cm³/mol. The van der Waals surface area contributed by atoms with Crippen molar-refractivity contribution in [2.45, 2.75) is 13.5 Å². The molecule has 5 nitrogen and oxygen atoms in total. The van der Waals surface area contributed by atoms with E-state index in [2.05, 4.69) is 15.5 Å². The maximum absolute atomic E-state index is 13.1. The first-order chi connectivity index (χ1) is 11.0. The van der Waals surface area contributed by atoms with E-state index in [1.165, 1.54) is 0 Å². The second-order valence-electron chi connectivity index (χ2n) is 5.04. The summed E-state index contributed by atoms with van der Waals surface area (Å²) in [6, 6.07) is 8.20. The number of hydrogen-bond donors (Lipinski definition) is 2. The summed E-state index contributed by atoms with van der Waals surface area (Å²) >= 11 is 0. The third-order valence-corrected chi connectivity index (χ3v) is 3.19. The van der Waals surface area contributed by atoms with Crippen molar-refractivity contribution in [2.75, 3.05) is 0 Å². The van der Waals surface area contributed by atoms with Gasteiger partial charge in [0.2, 0.25) is 0 Å². The number of halogens is 2. The molecular weight excluding hydrogens is 304 g/mol. The predicted octanol–water partition coefficient (Wildman–Crippen LogP) is 3.19. The molecule has 1 amide bonds. The summed E-state index contributed by atoms with van der Waals surface area (Å²) in [5.74, 6) is -0.524. The molecule has 118 valence electrons. The molecule has 0 aliphatic heterocycles. The summed E-state index contributed by atoms with van der Waals surface area (Å²) in [5.41, 5.74) is 1.05. The summed E-state index contributed by atoms with van der Waals surface area (Å²) in [5, 5.41) is 9.17. The molecule has 7 heteroatoms. The van der Waals surface area contributed by atoms with Crippen LogP contribution >= 0.6 is 0 Å². The number of amides is 1. The van der Waals surface area contributed by atoms with Crippen LogP contribution in [0.1, 0.15) is 21.8 Å². The number of aromatic amines is 1. The number of rotatable bonds is 4. The Labute approximate surface area is 130 Å². The number of H-pyrrole nitrogens is 1. The van der Waals surface area contributed by atoms with Crippen molar-refractivity contribution in [3.05, 3.63) is 65.1 Å². The van der Waals surface area contributed by atoms with Gasteiger partial charge in [-0.05, 0) is 36.8 Å². The number of aromatic nitrogens is 2. The van der Waals surface area contributed by atoms with E-state index in [0.717, 1.165) is 24.0 Å². The molecule has 0 spiro atoms. The molecule has 0 atom stereocenters. The van der Waals surface area contributed by atoms with E-state index in [1.54, 1.807) is 18.2 Å². The van der Waals surface area contributed by atoms with Crippen LogP contribution in [0.2, 0.25) is 0 Å². The number of benzene rings is 1. The zero-order valence-electron chi connectivity index (χ0n) is 12.2. The highest BCUT2D eigenvalue weighted by Gasteiger charge is 2.13. The van der Waals surface area contributed by atoms with Gasteiger partial charge in [0.25, 0.3) is 5.91 Å². The molecule has 23 heavy (non-hydrogen) atoms. The highest BCUT2D eigenvalue weighted by atomic mass is 19.1. The monoisotopic (exact) mass is 317 g/mol. The number of hydrogen-bond acceptors (Lipinski definition) is 3. The third-order valence-electron chi connectivity index (χ3n) is 3.19.